The Morgan fingerprint density at radius 2 is 1.00 bits per heavy atom. The van der Waals surface area contributed by atoms with Crippen molar-refractivity contribution in [1.82, 2.24) is 9.97 Å². The third-order valence-electron chi connectivity index (χ3n) is 2.25. The lowest BCUT2D eigenvalue weighted by Crippen LogP contribution is -1.85. The van der Waals surface area contributed by atoms with Gasteiger partial charge in [-0.3, -0.25) is 4.79 Å². The Hall–Kier alpha value is -2.49. The first kappa shape index (κ1) is 11.0. The van der Waals surface area contributed by atoms with Crippen LogP contribution in [0.4, 0.5) is 0 Å². The monoisotopic (exact) mass is 226 g/mol. The molecule has 17 heavy (non-hydrogen) atoms. The summed E-state index contributed by atoms with van der Waals surface area (Å²) in [6.07, 6.45) is 0. The van der Waals surface area contributed by atoms with Gasteiger partial charge in [0.15, 0.2) is 0 Å². The van der Waals surface area contributed by atoms with Gasteiger partial charge >= 0.3 is 0 Å². The number of carbonyl (C=O) groups is 1. The molecule has 0 radical (unpaired) electrons. The quantitative estimate of drug-likeness (QED) is 0.472. The molecule has 0 amide bonds. The van der Waals surface area contributed by atoms with Crippen LogP contribution in [-0.4, -0.2) is 21.5 Å². The molecule has 1 N–H and O–H groups in total. The molecule has 3 rings (SSSR count). The second-order valence-electron chi connectivity index (χ2n) is 3.31. The summed E-state index contributed by atoms with van der Waals surface area (Å²) in [6.45, 7) is -0.250. The molecule has 84 valence electrons. The molecule has 0 saturated heterocycles. The van der Waals surface area contributed by atoms with Gasteiger partial charge in [0.05, 0.1) is 22.1 Å². The van der Waals surface area contributed by atoms with E-state index in [4.69, 9.17) is 9.90 Å². The van der Waals surface area contributed by atoms with Crippen molar-refractivity contribution in [2.24, 2.45) is 0 Å². The van der Waals surface area contributed by atoms with Gasteiger partial charge in [0.2, 0.25) is 0 Å². The Balaban J connectivity index is 0.000000329. The number of hydrogen-bond acceptors (Lipinski definition) is 3. The molecule has 4 heteroatoms. The van der Waals surface area contributed by atoms with Crippen molar-refractivity contribution in [3.8, 4) is 0 Å². The van der Waals surface area contributed by atoms with Crippen LogP contribution < -0.4 is 0 Å². The average Bonchev–Trinajstić information content (AvgIpc) is 2.37. The van der Waals surface area contributed by atoms with Crippen molar-refractivity contribution in [2.45, 2.75) is 0 Å². The summed E-state index contributed by atoms with van der Waals surface area (Å²) in [5.74, 6) is 0. The van der Waals surface area contributed by atoms with E-state index in [1.54, 1.807) is 0 Å². The molecule has 0 aliphatic carbocycles. The van der Waals surface area contributed by atoms with Gasteiger partial charge in [-0.15, -0.1) is 0 Å². The highest BCUT2D eigenvalue weighted by Gasteiger charge is 1.98. The Bertz CT molecular complexity index is 548. The maximum atomic E-state index is 8.36. The standard InChI is InChI=1S/C12H8N2.CH2O2/c1-2-6-10-9(5-1)13-11-7-3-4-8-12(11)14-10;2-1-3/h1-8H;1H,(H,2,3). The van der Waals surface area contributed by atoms with Gasteiger partial charge in [-0.25, -0.2) is 9.97 Å². The SMILES string of the molecule is O=CO.c1ccc2nc3ccccc3nc2c1. The van der Waals surface area contributed by atoms with Crippen LogP contribution in [0.5, 0.6) is 0 Å². The minimum Gasteiger partial charge on any atom is -0.483 e. The van der Waals surface area contributed by atoms with Crippen LogP contribution in [0.15, 0.2) is 48.5 Å². The Morgan fingerprint density at radius 3 is 1.24 bits per heavy atom. The molecule has 1 heterocycles. The van der Waals surface area contributed by atoms with Crippen molar-refractivity contribution in [2.75, 3.05) is 0 Å². The Labute approximate surface area is 97.6 Å². The molecule has 0 saturated carbocycles. The number of rotatable bonds is 0. The van der Waals surface area contributed by atoms with Gasteiger partial charge in [0, 0.05) is 0 Å². The highest BCUT2D eigenvalue weighted by atomic mass is 16.3. The molecule has 0 fully saturated rings. The largest absolute Gasteiger partial charge is 0.483 e. The minimum absolute atomic E-state index is 0.250. The Kier molecular flexibility index (Phi) is 3.25. The number of para-hydroxylation sites is 4. The first-order valence-electron chi connectivity index (χ1n) is 5.04. The maximum Gasteiger partial charge on any atom is 0.290 e. The fourth-order valence-electron chi connectivity index (χ4n) is 1.57. The predicted octanol–water partition coefficient (Wildman–Crippen LogP) is 2.48. The number of hydrogen-bond donors (Lipinski definition) is 1. The second kappa shape index (κ2) is 5.03. The van der Waals surface area contributed by atoms with Crippen LogP contribution in [0.3, 0.4) is 0 Å². The van der Waals surface area contributed by atoms with Crippen molar-refractivity contribution in [3.05, 3.63) is 48.5 Å². The van der Waals surface area contributed by atoms with E-state index >= 15 is 0 Å². The smallest absolute Gasteiger partial charge is 0.290 e. The summed E-state index contributed by atoms with van der Waals surface area (Å²) in [5.41, 5.74) is 3.80. The molecule has 4 nitrogen and oxygen atoms in total. The molecule has 0 aliphatic heterocycles. The summed E-state index contributed by atoms with van der Waals surface area (Å²) < 4.78 is 0. The molecule has 2 aromatic carbocycles. The molecule has 3 aromatic rings. The van der Waals surface area contributed by atoms with E-state index < -0.39 is 0 Å². The highest BCUT2D eigenvalue weighted by Crippen LogP contribution is 2.14. The lowest BCUT2D eigenvalue weighted by atomic mass is 10.2. The first-order chi connectivity index (χ1) is 8.35. The van der Waals surface area contributed by atoms with Gasteiger partial charge in [-0.2, -0.15) is 0 Å². The van der Waals surface area contributed by atoms with E-state index in [9.17, 15) is 0 Å². The molecule has 0 atom stereocenters. The average molecular weight is 226 g/mol. The zero-order valence-corrected chi connectivity index (χ0v) is 8.95. The van der Waals surface area contributed by atoms with Crippen molar-refractivity contribution in [1.29, 1.82) is 0 Å². The minimum atomic E-state index is -0.250. The number of benzene rings is 2. The van der Waals surface area contributed by atoms with Gasteiger partial charge in [-0.05, 0) is 24.3 Å². The van der Waals surface area contributed by atoms with Gasteiger partial charge in [0.1, 0.15) is 0 Å². The third kappa shape index (κ3) is 2.36. The number of aromatic nitrogens is 2. The van der Waals surface area contributed by atoms with Crippen LogP contribution in [-0.2, 0) is 4.79 Å². The normalized spacial score (nSPS) is 9.65. The van der Waals surface area contributed by atoms with E-state index in [0.717, 1.165) is 22.1 Å². The number of fused-ring (bicyclic) bond motifs is 2. The van der Waals surface area contributed by atoms with Crippen molar-refractivity contribution >= 4 is 28.5 Å². The molecule has 0 aliphatic rings. The zero-order chi connectivity index (χ0) is 12.1. The van der Waals surface area contributed by atoms with Crippen molar-refractivity contribution in [3.63, 3.8) is 0 Å². The maximum absolute atomic E-state index is 8.36. The molecule has 1 aromatic heterocycles. The molecule has 0 unspecified atom stereocenters. The summed E-state index contributed by atoms with van der Waals surface area (Å²) in [5, 5.41) is 6.89. The summed E-state index contributed by atoms with van der Waals surface area (Å²) in [4.78, 5) is 17.4. The van der Waals surface area contributed by atoms with Crippen LogP contribution in [0.2, 0.25) is 0 Å². The van der Waals surface area contributed by atoms with Crippen LogP contribution >= 0.6 is 0 Å². The van der Waals surface area contributed by atoms with E-state index in [2.05, 4.69) is 9.97 Å². The molecule has 0 bridgehead atoms. The summed E-state index contributed by atoms with van der Waals surface area (Å²) in [6, 6.07) is 15.8. The lowest BCUT2D eigenvalue weighted by molar-refractivity contribution is -0.122. The molecular formula is C13H10N2O2. The summed E-state index contributed by atoms with van der Waals surface area (Å²) in [7, 11) is 0. The summed E-state index contributed by atoms with van der Waals surface area (Å²) >= 11 is 0. The van der Waals surface area contributed by atoms with E-state index in [1.165, 1.54) is 0 Å². The highest BCUT2D eigenvalue weighted by molar-refractivity contribution is 5.85. The Morgan fingerprint density at radius 1 is 0.765 bits per heavy atom. The molecular weight excluding hydrogens is 216 g/mol. The van der Waals surface area contributed by atoms with Crippen LogP contribution in [0, 0.1) is 0 Å². The fraction of sp³-hybridized carbons (Fsp3) is 0. The van der Waals surface area contributed by atoms with Gasteiger partial charge < -0.3 is 5.11 Å². The van der Waals surface area contributed by atoms with Gasteiger partial charge in [-0.1, -0.05) is 24.3 Å². The third-order valence-corrected chi connectivity index (χ3v) is 2.25. The lowest BCUT2D eigenvalue weighted by Gasteiger charge is -1.98. The van der Waals surface area contributed by atoms with Crippen LogP contribution in [0.25, 0.3) is 22.1 Å². The van der Waals surface area contributed by atoms with Crippen LogP contribution in [0.1, 0.15) is 0 Å². The van der Waals surface area contributed by atoms with E-state index in [0.29, 0.717) is 0 Å². The van der Waals surface area contributed by atoms with E-state index in [1.807, 2.05) is 48.5 Å². The zero-order valence-electron chi connectivity index (χ0n) is 8.95. The van der Waals surface area contributed by atoms with Gasteiger partial charge in [0.25, 0.3) is 6.47 Å². The van der Waals surface area contributed by atoms with Crippen molar-refractivity contribution < 1.29 is 9.90 Å². The van der Waals surface area contributed by atoms with E-state index in [-0.39, 0.29) is 6.47 Å². The number of nitrogens with zero attached hydrogens (tertiary/aromatic N) is 2. The molecule has 0 spiro atoms. The topological polar surface area (TPSA) is 63.1 Å². The first-order valence-corrected chi connectivity index (χ1v) is 5.04. The number of carboxylic acid groups (broad SMARTS) is 1. The second-order valence-corrected chi connectivity index (χ2v) is 3.31. The predicted molar refractivity (Wildman–Crippen MR) is 65.7 cm³/mol. The fourth-order valence-corrected chi connectivity index (χ4v) is 1.57.